The lowest BCUT2D eigenvalue weighted by Gasteiger charge is -2.11. The minimum absolute atomic E-state index is 0.163. The van der Waals surface area contributed by atoms with Gasteiger partial charge < -0.3 is 60.6 Å². The molecular formula is C48H44N14O12S. The molecule has 0 radical (unpaired) electrons. The Kier molecular flexibility index (Phi) is 17.5. The van der Waals surface area contributed by atoms with E-state index >= 15 is 0 Å². The largest absolute Gasteiger partial charge is 0.759 e. The second-order valence-corrected chi connectivity index (χ2v) is 16.5. The van der Waals surface area contributed by atoms with Gasteiger partial charge in [0.15, 0.2) is 0 Å². The number of carboxylic acids is 4. The highest BCUT2D eigenvalue weighted by Crippen LogP contribution is 2.21. The maximum absolute atomic E-state index is 11.1. The first-order valence-electron chi connectivity index (χ1n) is 21.6. The van der Waals surface area contributed by atoms with Crippen LogP contribution >= 0.6 is 0 Å². The monoisotopic (exact) mass is 1040 g/mol. The number of carboxylic acid groups (broad SMARTS) is 4. The summed E-state index contributed by atoms with van der Waals surface area (Å²) >= 11 is 0. The first-order valence-corrected chi connectivity index (χ1v) is 22.9. The molecule has 0 bridgehead atoms. The van der Waals surface area contributed by atoms with Gasteiger partial charge >= 0.3 is 59.6 Å². The molecule has 8 N–H and O–H groups in total. The van der Waals surface area contributed by atoms with Crippen molar-refractivity contribution in [1.82, 2.24) is 29.9 Å². The van der Waals surface area contributed by atoms with E-state index in [4.69, 9.17) is 37.9 Å². The Bertz CT molecular complexity index is 3030. The number of rotatable bonds is 16. The topological polar surface area (TPSA) is 369 Å². The van der Waals surface area contributed by atoms with Gasteiger partial charge in [-0.15, -0.1) is 9.97 Å². The average Bonchev–Trinajstić information content (AvgIpc) is 3.36. The molecule has 8 aromatic rings. The second kappa shape index (κ2) is 24.2. The Balaban J connectivity index is 0.000000224. The molecule has 4 aromatic carbocycles. The van der Waals surface area contributed by atoms with Gasteiger partial charge in [-0.3, -0.25) is 8.42 Å². The van der Waals surface area contributed by atoms with Gasteiger partial charge in [-0.1, -0.05) is 0 Å². The fourth-order valence-electron chi connectivity index (χ4n) is 6.19. The van der Waals surface area contributed by atoms with Crippen LogP contribution in [-0.2, 0) is 10.4 Å². The lowest BCUT2D eigenvalue weighted by molar-refractivity contribution is -0.603. The summed E-state index contributed by atoms with van der Waals surface area (Å²) in [5.74, 6) is -2.49. The number of anilines is 10. The fraction of sp³-hybridized carbons (Fsp3) is 0.0833. The molecule has 0 aliphatic rings. The molecule has 0 atom stereocenters. The van der Waals surface area contributed by atoms with Crippen molar-refractivity contribution in [1.29, 1.82) is 0 Å². The molecule has 8 rings (SSSR count). The van der Waals surface area contributed by atoms with Crippen molar-refractivity contribution in [3.8, 4) is 11.9 Å². The molecule has 4 aromatic heterocycles. The van der Waals surface area contributed by atoms with Crippen LogP contribution in [0.2, 0.25) is 0 Å². The van der Waals surface area contributed by atoms with Gasteiger partial charge in [0.05, 0.1) is 47.0 Å². The smallest absolute Gasteiger partial charge is 0.444 e. The van der Waals surface area contributed by atoms with Crippen molar-refractivity contribution < 1.29 is 66.3 Å². The van der Waals surface area contributed by atoms with Crippen molar-refractivity contribution in [2.24, 2.45) is 0 Å². The summed E-state index contributed by atoms with van der Waals surface area (Å²) in [4.78, 5) is 75.2. The average molecular weight is 1040 g/mol. The van der Waals surface area contributed by atoms with E-state index in [9.17, 15) is 19.2 Å². The summed E-state index contributed by atoms with van der Waals surface area (Å²) in [7, 11) is 2.60. The van der Waals surface area contributed by atoms with E-state index in [-0.39, 0.29) is 46.0 Å². The van der Waals surface area contributed by atoms with E-state index in [2.05, 4.69) is 51.2 Å². The van der Waals surface area contributed by atoms with Crippen molar-refractivity contribution in [3.63, 3.8) is 0 Å². The van der Waals surface area contributed by atoms with E-state index in [0.29, 0.717) is 34.6 Å². The lowest BCUT2D eigenvalue weighted by atomic mass is 10.2. The van der Waals surface area contributed by atoms with Crippen LogP contribution in [0.15, 0.2) is 146 Å². The van der Waals surface area contributed by atoms with E-state index in [1.54, 1.807) is 57.7 Å². The Hall–Kier alpha value is -10.3. The molecule has 26 nitrogen and oxygen atoms in total. The highest BCUT2D eigenvalue weighted by molar-refractivity contribution is 7.79. The van der Waals surface area contributed by atoms with Crippen LogP contribution in [0.25, 0.3) is 11.9 Å². The predicted molar refractivity (Wildman–Crippen MR) is 269 cm³/mol. The van der Waals surface area contributed by atoms with Crippen molar-refractivity contribution >= 4 is 92.2 Å². The van der Waals surface area contributed by atoms with Gasteiger partial charge in [-0.05, 0) is 141 Å². The van der Waals surface area contributed by atoms with Gasteiger partial charge in [-0.25, -0.2) is 28.3 Å². The summed E-state index contributed by atoms with van der Waals surface area (Å²) in [5, 5.41) is 48.7. The zero-order chi connectivity index (χ0) is 54.4. The summed E-state index contributed by atoms with van der Waals surface area (Å²) in [5.41, 5.74) is 5.04. The van der Waals surface area contributed by atoms with Crippen LogP contribution in [0.5, 0.6) is 0 Å². The van der Waals surface area contributed by atoms with Gasteiger partial charge in [0.25, 0.3) is 0 Å². The van der Waals surface area contributed by atoms with Crippen LogP contribution < -0.4 is 40.2 Å². The number of pyridine rings is 2. The summed E-state index contributed by atoms with van der Waals surface area (Å²) in [6.45, 7) is 0. The Morgan fingerprint density at radius 2 is 0.600 bits per heavy atom. The highest BCUT2D eigenvalue weighted by atomic mass is 32.3. The van der Waals surface area contributed by atoms with E-state index in [0.717, 1.165) is 11.4 Å². The second-order valence-electron chi connectivity index (χ2n) is 15.7. The van der Waals surface area contributed by atoms with Crippen LogP contribution in [0.1, 0.15) is 41.4 Å². The van der Waals surface area contributed by atoms with Gasteiger partial charge in [-0.2, -0.15) is 0 Å². The molecule has 4 heterocycles. The van der Waals surface area contributed by atoms with E-state index in [1.807, 2.05) is 87.0 Å². The number of carbonyl (C=O) groups is 4. The van der Waals surface area contributed by atoms with E-state index in [1.165, 1.54) is 48.5 Å². The summed E-state index contributed by atoms with van der Waals surface area (Å²) in [6, 6.07) is 32.4. The van der Waals surface area contributed by atoms with Crippen molar-refractivity contribution in [3.05, 3.63) is 168 Å². The third kappa shape index (κ3) is 16.4. The van der Waals surface area contributed by atoms with Crippen LogP contribution in [0.4, 0.5) is 57.9 Å². The first-order chi connectivity index (χ1) is 35.6. The number of aromatic carboxylic acids is 4. The molecule has 0 spiro atoms. The molecular weight excluding hydrogens is 997 g/mol. The SMILES string of the molecule is CN(C)c1cc[n+](-c2nc(Nc3ccc(C(=O)O)cc3)nc(Nc3ccc(C(=O)O)cc3)n2)cc1.CN(C)c1cc[n+](-c2nc(Nc3ccc(C(=O)O)cc3)nc(Nc3ccc(C(=O)O)cc3)n2)cc1.O=S(=O)([O-])[O-]. The molecule has 0 amide bonds. The predicted octanol–water partition coefficient (Wildman–Crippen LogP) is 4.86. The highest BCUT2D eigenvalue weighted by Gasteiger charge is 2.21. The maximum Gasteiger partial charge on any atom is 0.444 e. The molecule has 0 fully saturated rings. The molecule has 0 saturated carbocycles. The van der Waals surface area contributed by atoms with Gasteiger partial charge in [0.2, 0.25) is 0 Å². The molecule has 0 unspecified atom stereocenters. The Morgan fingerprint density at radius 1 is 0.400 bits per heavy atom. The van der Waals surface area contributed by atoms with E-state index < -0.39 is 34.3 Å². The number of benzene rings is 4. The quantitative estimate of drug-likeness (QED) is 0.0364. The van der Waals surface area contributed by atoms with Crippen LogP contribution in [0.3, 0.4) is 0 Å². The zero-order valence-electron chi connectivity index (χ0n) is 39.8. The number of hydrogen-bond donors (Lipinski definition) is 8. The van der Waals surface area contributed by atoms with Gasteiger partial charge in [0.1, 0.15) is 0 Å². The number of nitrogens with one attached hydrogen (secondary N) is 4. The number of aromatic nitrogens is 8. The minimum Gasteiger partial charge on any atom is -0.759 e. The van der Waals surface area contributed by atoms with Crippen molar-refractivity contribution in [2.75, 3.05) is 59.3 Å². The molecule has 75 heavy (non-hydrogen) atoms. The standard InChI is InChI=1S/2C24H21N7O4.H2O4S/c2*1-30(2)19-11-13-31(14-12-19)24-28-22(25-17-7-3-15(4-8-17)20(32)33)27-23(29-24)26-18-9-5-16(6-10-18)21(34)35;1-5(2,3)4/h2*3-14H,1-2H3,(H3-,25,26,27,28,29,32,33,34,35);(H2,1,2,3,4). The normalized spacial score (nSPS) is 10.5. The lowest BCUT2D eigenvalue weighted by Crippen LogP contribution is -2.33. The minimum atomic E-state index is -5.17. The summed E-state index contributed by atoms with van der Waals surface area (Å²) < 4.78 is 37.5. The first kappa shape index (κ1) is 54.1. The van der Waals surface area contributed by atoms with Crippen LogP contribution in [-0.4, -0.2) is 120 Å². The summed E-state index contributed by atoms with van der Waals surface area (Å²) in [6.07, 6.45) is 7.28. The Morgan fingerprint density at radius 3 is 0.773 bits per heavy atom. The van der Waals surface area contributed by atoms with Gasteiger partial charge in [0, 0.05) is 72.7 Å². The number of hydrogen-bond acceptors (Lipinski definition) is 20. The molecule has 27 heteroatoms. The fourth-order valence-corrected chi connectivity index (χ4v) is 6.19. The molecule has 0 saturated heterocycles. The van der Waals surface area contributed by atoms with Crippen LogP contribution in [0, 0.1) is 0 Å². The number of nitrogens with zero attached hydrogens (tertiary/aromatic N) is 10. The third-order valence-corrected chi connectivity index (χ3v) is 9.92. The third-order valence-electron chi connectivity index (χ3n) is 9.92. The Labute approximate surface area is 426 Å². The van der Waals surface area contributed by atoms with Crippen molar-refractivity contribution in [2.45, 2.75) is 0 Å². The molecule has 384 valence electrons. The zero-order valence-corrected chi connectivity index (χ0v) is 40.6. The molecule has 0 aliphatic heterocycles. The maximum atomic E-state index is 11.1. The molecule has 0 aliphatic carbocycles.